The average Bonchev–Trinajstić information content (AvgIpc) is 3.64. The molecule has 0 aromatic heterocycles. The highest BCUT2D eigenvalue weighted by Gasteiger charge is 2.52. The van der Waals surface area contributed by atoms with Crippen LogP contribution < -0.4 is 15.1 Å². The van der Waals surface area contributed by atoms with Crippen LogP contribution in [0.1, 0.15) is 44.7 Å². The lowest BCUT2D eigenvalue weighted by Gasteiger charge is -2.43. The van der Waals surface area contributed by atoms with E-state index < -0.39 is 23.4 Å². The third-order valence-electron chi connectivity index (χ3n) is 9.67. The fourth-order valence-electron chi connectivity index (χ4n) is 7.36. The monoisotopic (exact) mass is 806 g/mol. The molecule has 256 valence electrons. The molecule has 2 aliphatic rings. The van der Waals surface area contributed by atoms with E-state index in [9.17, 15) is 13.5 Å². The lowest BCUT2D eigenvalue weighted by atomic mass is 9.93. The molecule has 2 atom stereocenters. The first-order chi connectivity index (χ1) is 23.4. The van der Waals surface area contributed by atoms with Gasteiger partial charge in [-0.15, -0.1) is 0 Å². The second-order valence-corrected chi connectivity index (χ2v) is 21.4. The van der Waals surface area contributed by atoms with Crippen LogP contribution in [0, 0.1) is 3.57 Å². The Morgan fingerprint density at radius 3 is 2.12 bits per heavy atom. The van der Waals surface area contributed by atoms with E-state index in [0.717, 1.165) is 38.2 Å². The molecule has 0 amide bonds. The summed E-state index contributed by atoms with van der Waals surface area (Å²) in [4.78, 5) is 0. The molecule has 2 aliphatic heterocycles. The van der Waals surface area contributed by atoms with Crippen LogP contribution in [-0.2, 0) is 19.0 Å². The number of hydrogen-bond donors (Lipinski definition) is 1. The largest absolute Gasteiger partial charge is 0.504 e. The molecule has 1 saturated heterocycles. The summed E-state index contributed by atoms with van der Waals surface area (Å²) in [6, 6.07) is 34.8. The Balaban J connectivity index is 1.34. The van der Waals surface area contributed by atoms with E-state index in [0.29, 0.717) is 22.2 Å². The number of halogens is 1. The quantitative estimate of drug-likeness (QED) is 0.0738. The first-order valence-corrected chi connectivity index (χ1v) is 21.3. The number of fused-ring (bicyclic) bond motifs is 1. The number of aromatic hydroxyl groups is 1. The van der Waals surface area contributed by atoms with E-state index in [1.807, 2.05) is 42.5 Å². The molecule has 0 spiro atoms. The van der Waals surface area contributed by atoms with Crippen molar-refractivity contribution in [2.45, 2.75) is 50.0 Å². The third kappa shape index (κ3) is 7.19. The van der Waals surface area contributed by atoms with Gasteiger partial charge in [0, 0.05) is 0 Å². The van der Waals surface area contributed by atoms with Crippen LogP contribution in [0.4, 0.5) is 0 Å². The van der Waals surface area contributed by atoms with E-state index in [2.05, 4.69) is 110 Å². The normalized spacial score (nSPS) is 19.2. The summed E-state index contributed by atoms with van der Waals surface area (Å²) < 4.78 is 46.8. The zero-order valence-corrected chi connectivity index (χ0v) is 32.3. The molecule has 4 aromatic carbocycles. The van der Waals surface area contributed by atoms with Gasteiger partial charge in [-0.25, -0.2) is 8.42 Å². The number of allylic oxidation sites excluding steroid dienone is 1. The first kappa shape index (κ1) is 35.6. The van der Waals surface area contributed by atoms with Crippen molar-refractivity contribution in [3.63, 3.8) is 0 Å². The van der Waals surface area contributed by atoms with Crippen LogP contribution >= 0.6 is 22.6 Å². The molecule has 4 aromatic rings. The molecular weight excluding hydrogens is 763 g/mol. The van der Waals surface area contributed by atoms with Crippen molar-refractivity contribution in [3.8, 4) is 11.5 Å². The fraction of sp³-hybridized carbons (Fsp3) is 0.300. The highest BCUT2D eigenvalue weighted by atomic mass is 127. The van der Waals surface area contributed by atoms with Gasteiger partial charge in [0.15, 0.2) is 21.3 Å². The van der Waals surface area contributed by atoms with Gasteiger partial charge in [0.2, 0.25) is 0 Å². The molecular formula is C40H43IO6SSi. The van der Waals surface area contributed by atoms with Crippen LogP contribution in [0.15, 0.2) is 114 Å². The Morgan fingerprint density at radius 2 is 1.55 bits per heavy atom. The summed E-state index contributed by atoms with van der Waals surface area (Å²) in [6.45, 7) is 7.10. The summed E-state index contributed by atoms with van der Waals surface area (Å²) in [5.74, 6) is 0.534. The molecule has 0 unspecified atom stereocenters. The topological polar surface area (TPSA) is 82.1 Å². The second-order valence-electron chi connectivity index (χ2n) is 13.8. The molecule has 0 aliphatic carbocycles. The van der Waals surface area contributed by atoms with Crippen molar-refractivity contribution in [2.24, 2.45) is 0 Å². The molecule has 0 bridgehead atoms. The minimum atomic E-state index is -3.41. The molecule has 1 N–H and O–H groups in total. The molecule has 0 saturated carbocycles. The highest BCUT2D eigenvalue weighted by molar-refractivity contribution is 14.1. The molecule has 1 fully saturated rings. The maximum absolute atomic E-state index is 13.6. The zero-order chi connectivity index (χ0) is 34.8. The van der Waals surface area contributed by atoms with Gasteiger partial charge >= 0.3 is 0 Å². The molecule has 6 rings (SSSR count). The Kier molecular flexibility index (Phi) is 10.6. The Hall–Kier alpha value is -3.22. The maximum Gasteiger partial charge on any atom is 0.261 e. The number of phenols is 1. The van der Waals surface area contributed by atoms with Gasteiger partial charge in [-0.05, 0) is 90.8 Å². The van der Waals surface area contributed by atoms with Gasteiger partial charge in [0.05, 0.1) is 35.8 Å². The van der Waals surface area contributed by atoms with Crippen molar-refractivity contribution in [1.29, 1.82) is 0 Å². The minimum Gasteiger partial charge on any atom is -0.504 e. The summed E-state index contributed by atoms with van der Waals surface area (Å²) in [5.41, 5.74) is 4.78. The number of sulfone groups is 1. The van der Waals surface area contributed by atoms with E-state index in [4.69, 9.17) is 13.9 Å². The van der Waals surface area contributed by atoms with Crippen molar-refractivity contribution in [1.82, 2.24) is 0 Å². The van der Waals surface area contributed by atoms with E-state index in [1.54, 1.807) is 7.11 Å². The van der Waals surface area contributed by atoms with Crippen molar-refractivity contribution < 1.29 is 27.4 Å². The second kappa shape index (κ2) is 14.6. The Morgan fingerprint density at radius 1 is 0.959 bits per heavy atom. The number of benzene rings is 4. The van der Waals surface area contributed by atoms with Gasteiger partial charge < -0.3 is 19.0 Å². The highest BCUT2D eigenvalue weighted by Crippen LogP contribution is 2.42. The van der Waals surface area contributed by atoms with Crippen molar-refractivity contribution in [2.75, 3.05) is 26.1 Å². The lowest BCUT2D eigenvalue weighted by molar-refractivity contribution is 0.118. The summed E-state index contributed by atoms with van der Waals surface area (Å²) >= 11 is 2.11. The van der Waals surface area contributed by atoms with Gasteiger partial charge in [-0.2, -0.15) is 0 Å². The zero-order valence-electron chi connectivity index (χ0n) is 28.4. The summed E-state index contributed by atoms with van der Waals surface area (Å²) in [6.07, 6.45) is 3.06. The Bertz CT molecular complexity index is 1920. The van der Waals surface area contributed by atoms with E-state index in [-0.39, 0.29) is 35.9 Å². The van der Waals surface area contributed by atoms with Crippen LogP contribution in [0.2, 0.25) is 5.04 Å². The van der Waals surface area contributed by atoms with Crippen molar-refractivity contribution in [3.05, 3.63) is 129 Å². The SMILES string of the molecule is COc1cc(/C=C(/CC[C@H]2OC[C@H]3C2=C(CO[Si](c2ccccc2)(c2ccccc2)C(C)(C)C)CS3(=O)=O)c2ccccc2)cc(I)c1O. The number of phenolic OH excluding ortho intramolecular Hbond substituents is 1. The number of ether oxygens (including phenoxy) is 2. The Labute approximate surface area is 305 Å². The molecule has 9 heteroatoms. The number of rotatable bonds is 11. The third-order valence-corrected chi connectivity index (χ3v) is 17.5. The van der Waals surface area contributed by atoms with Gasteiger partial charge in [0.1, 0.15) is 5.25 Å². The van der Waals surface area contributed by atoms with Gasteiger partial charge in [0.25, 0.3) is 8.32 Å². The van der Waals surface area contributed by atoms with E-state index in [1.165, 1.54) is 0 Å². The molecule has 6 nitrogen and oxygen atoms in total. The van der Waals surface area contributed by atoms with Crippen LogP contribution in [-0.4, -0.2) is 59.3 Å². The smallest absolute Gasteiger partial charge is 0.261 e. The first-order valence-electron chi connectivity index (χ1n) is 16.6. The van der Waals surface area contributed by atoms with Gasteiger partial charge in [-0.3, -0.25) is 0 Å². The maximum atomic E-state index is 13.6. The van der Waals surface area contributed by atoms with Crippen LogP contribution in [0.3, 0.4) is 0 Å². The molecule has 0 radical (unpaired) electrons. The van der Waals surface area contributed by atoms with Gasteiger partial charge in [-0.1, -0.05) is 118 Å². The van der Waals surface area contributed by atoms with Crippen molar-refractivity contribution >= 4 is 62.8 Å². The molecule has 2 heterocycles. The standard InChI is InChI=1S/C40H43IO6SSi/c1-40(2,3)49(32-16-10-6-11-17-32,33-18-12-7-13-19-33)47-25-31-27-48(43,44)37-26-46-35(38(31)37)21-20-30(29-14-8-5-9-15-29)22-28-23-34(41)39(42)36(24-28)45-4/h5-19,22-24,35,37,42H,20-21,25-27H2,1-4H3/b30-22-/t35-,37+/m1/s1. The number of hydrogen-bond acceptors (Lipinski definition) is 6. The minimum absolute atomic E-state index is 0.00180. The molecule has 49 heavy (non-hydrogen) atoms. The van der Waals surface area contributed by atoms with E-state index >= 15 is 0 Å². The summed E-state index contributed by atoms with van der Waals surface area (Å²) in [5, 5.41) is 11.9. The fourth-order valence-corrected chi connectivity index (χ4v) is 14.5. The lowest BCUT2D eigenvalue weighted by Crippen LogP contribution is -2.66. The van der Waals surface area contributed by atoms with Crippen LogP contribution in [0.25, 0.3) is 11.6 Å². The van der Waals surface area contributed by atoms with Crippen LogP contribution in [0.5, 0.6) is 11.5 Å². The predicted octanol–water partition coefficient (Wildman–Crippen LogP) is 7.40. The number of methoxy groups -OCH3 is 1. The summed E-state index contributed by atoms with van der Waals surface area (Å²) in [7, 11) is -4.74. The average molecular weight is 807 g/mol. The predicted molar refractivity (Wildman–Crippen MR) is 209 cm³/mol.